The minimum atomic E-state index is -0.385. The second kappa shape index (κ2) is 10.7. The molecule has 168 valence electrons. The van der Waals surface area contributed by atoms with E-state index in [-0.39, 0.29) is 23.6 Å². The van der Waals surface area contributed by atoms with Gasteiger partial charge in [0.15, 0.2) is 11.0 Å². The zero-order chi connectivity index (χ0) is 23.3. The average molecular weight is 472 g/mol. The highest BCUT2D eigenvalue weighted by atomic mass is 35.5. The van der Waals surface area contributed by atoms with Gasteiger partial charge in [-0.05, 0) is 57.0 Å². The van der Waals surface area contributed by atoms with Crippen molar-refractivity contribution in [3.05, 3.63) is 70.0 Å². The zero-order valence-electron chi connectivity index (χ0n) is 18.5. The zero-order valence-corrected chi connectivity index (χ0v) is 20.0. The summed E-state index contributed by atoms with van der Waals surface area (Å²) in [6.07, 6.45) is 0. The van der Waals surface area contributed by atoms with Crippen LogP contribution in [0.2, 0.25) is 5.02 Å². The fourth-order valence-corrected chi connectivity index (χ4v) is 4.23. The molecule has 2 aromatic carbocycles. The largest absolute Gasteiger partial charge is 0.342 e. The smallest absolute Gasteiger partial charge is 0.253 e. The Hall–Kier alpha value is -2.84. The second-order valence-electron chi connectivity index (χ2n) is 7.42. The highest BCUT2D eigenvalue weighted by molar-refractivity contribution is 7.99. The van der Waals surface area contributed by atoms with Crippen molar-refractivity contribution in [3.63, 3.8) is 0 Å². The Morgan fingerprint density at radius 1 is 1.16 bits per heavy atom. The van der Waals surface area contributed by atoms with E-state index in [1.54, 1.807) is 24.3 Å². The van der Waals surface area contributed by atoms with Gasteiger partial charge in [-0.25, -0.2) is 0 Å². The third kappa shape index (κ3) is 5.69. The summed E-state index contributed by atoms with van der Waals surface area (Å²) >= 11 is 7.43. The number of aryl methyl sites for hydroxylation is 2. The van der Waals surface area contributed by atoms with Crippen LogP contribution in [-0.4, -0.2) is 32.3 Å². The molecule has 32 heavy (non-hydrogen) atoms. The number of amides is 2. The molecule has 3 rings (SSSR count). The van der Waals surface area contributed by atoms with Gasteiger partial charge in [-0.1, -0.05) is 47.6 Å². The summed E-state index contributed by atoms with van der Waals surface area (Å²) in [5.41, 5.74) is 3.31. The molecule has 0 saturated heterocycles. The lowest BCUT2D eigenvalue weighted by atomic mass is 10.1. The Labute approximate surface area is 197 Å². The van der Waals surface area contributed by atoms with Crippen molar-refractivity contribution in [3.8, 4) is 0 Å². The maximum Gasteiger partial charge on any atom is 0.253 e. The monoisotopic (exact) mass is 471 g/mol. The maximum atomic E-state index is 12.6. The van der Waals surface area contributed by atoms with Crippen LogP contribution < -0.4 is 10.6 Å². The first-order chi connectivity index (χ1) is 15.3. The van der Waals surface area contributed by atoms with Crippen LogP contribution in [0.5, 0.6) is 0 Å². The lowest BCUT2D eigenvalue weighted by molar-refractivity contribution is -0.113. The normalized spacial score (nSPS) is 11.8. The number of carbonyl (C=O) groups is 2. The van der Waals surface area contributed by atoms with Gasteiger partial charge in [0.2, 0.25) is 5.91 Å². The van der Waals surface area contributed by atoms with Crippen molar-refractivity contribution in [1.82, 2.24) is 20.1 Å². The fourth-order valence-electron chi connectivity index (χ4n) is 3.20. The molecular formula is C23H26ClN5O2S. The van der Waals surface area contributed by atoms with Crippen molar-refractivity contribution < 1.29 is 9.59 Å². The molecule has 1 atom stereocenters. The molecule has 0 saturated carbocycles. The van der Waals surface area contributed by atoms with E-state index in [9.17, 15) is 9.59 Å². The maximum absolute atomic E-state index is 12.6. The first kappa shape index (κ1) is 23.8. The van der Waals surface area contributed by atoms with E-state index in [2.05, 4.69) is 20.8 Å². The molecule has 0 radical (unpaired) electrons. The number of nitrogens with one attached hydrogen (secondary N) is 2. The molecule has 0 aliphatic heterocycles. The summed E-state index contributed by atoms with van der Waals surface area (Å²) in [6, 6.07) is 12.4. The summed E-state index contributed by atoms with van der Waals surface area (Å²) in [5.74, 6) is 0.420. The van der Waals surface area contributed by atoms with Gasteiger partial charge in [0.05, 0.1) is 22.4 Å². The minimum absolute atomic E-state index is 0.115. The molecule has 3 aromatic rings. The fraction of sp³-hybridized carbons (Fsp3) is 0.304. The second-order valence-corrected chi connectivity index (χ2v) is 8.76. The van der Waals surface area contributed by atoms with E-state index in [1.165, 1.54) is 11.8 Å². The number of nitrogens with zero attached hydrogens (tertiary/aromatic N) is 3. The molecule has 1 unspecified atom stereocenters. The summed E-state index contributed by atoms with van der Waals surface area (Å²) < 4.78 is 1.90. The minimum Gasteiger partial charge on any atom is -0.342 e. The quantitative estimate of drug-likeness (QED) is 0.461. The Morgan fingerprint density at radius 2 is 1.91 bits per heavy atom. The van der Waals surface area contributed by atoms with Crippen LogP contribution in [0.1, 0.15) is 47.2 Å². The standard InChI is InChI=1S/C23H26ClN5O2S/c1-5-29-21(16(4)25-22(31)17-8-6-7-9-18(17)24)27-28-23(29)32-13-20(30)26-19-12-14(2)10-11-15(19)3/h6-12,16H,5,13H2,1-4H3,(H,25,31)(H,26,30). The van der Waals surface area contributed by atoms with Crippen molar-refractivity contribution in [2.24, 2.45) is 0 Å². The summed E-state index contributed by atoms with van der Waals surface area (Å²) in [6.45, 7) is 8.36. The average Bonchev–Trinajstić information content (AvgIpc) is 3.18. The van der Waals surface area contributed by atoms with Gasteiger partial charge in [-0.15, -0.1) is 10.2 Å². The summed E-state index contributed by atoms with van der Waals surface area (Å²) in [7, 11) is 0. The Bertz CT molecular complexity index is 1130. The number of thioether (sulfide) groups is 1. The van der Waals surface area contributed by atoms with E-state index in [0.29, 0.717) is 28.1 Å². The van der Waals surface area contributed by atoms with Crippen molar-refractivity contribution in [2.45, 2.75) is 45.4 Å². The molecule has 2 amide bonds. The molecule has 7 nitrogen and oxygen atoms in total. The number of rotatable bonds is 8. The van der Waals surface area contributed by atoms with Gasteiger partial charge in [-0.2, -0.15) is 0 Å². The van der Waals surface area contributed by atoms with Gasteiger partial charge in [0.1, 0.15) is 0 Å². The topological polar surface area (TPSA) is 88.9 Å². The highest BCUT2D eigenvalue weighted by Gasteiger charge is 2.21. The van der Waals surface area contributed by atoms with Crippen molar-refractivity contribution >= 4 is 40.9 Å². The van der Waals surface area contributed by atoms with E-state index >= 15 is 0 Å². The van der Waals surface area contributed by atoms with Gasteiger partial charge in [-0.3, -0.25) is 9.59 Å². The first-order valence-electron chi connectivity index (χ1n) is 10.3. The third-order valence-electron chi connectivity index (χ3n) is 4.91. The van der Waals surface area contributed by atoms with Gasteiger partial charge >= 0.3 is 0 Å². The van der Waals surface area contributed by atoms with E-state index < -0.39 is 0 Å². The van der Waals surface area contributed by atoms with Gasteiger partial charge in [0, 0.05) is 12.2 Å². The van der Waals surface area contributed by atoms with E-state index in [4.69, 9.17) is 11.6 Å². The van der Waals surface area contributed by atoms with Crippen LogP contribution in [0.3, 0.4) is 0 Å². The highest BCUT2D eigenvalue weighted by Crippen LogP contribution is 2.23. The molecule has 1 aromatic heterocycles. The van der Waals surface area contributed by atoms with Gasteiger partial charge < -0.3 is 15.2 Å². The van der Waals surface area contributed by atoms with Crippen LogP contribution in [0, 0.1) is 13.8 Å². The molecule has 0 aliphatic carbocycles. The predicted molar refractivity (Wildman–Crippen MR) is 128 cm³/mol. The van der Waals surface area contributed by atoms with Crippen molar-refractivity contribution in [2.75, 3.05) is 11.1 Å². The van der Waals surface area contributed by atoms with Crippen LogP contribution in [-0.2, 0) is 11.3 Å². The summed E-state index contributed by atoms with van der Waals surface area (Å²) in [5, 5.41) is 15.4. The molecule has 0 spiro atoms. The summed E-state index contributed by atoms with van der Waals surface area (Å²) in [4.78, 5) is 25.0. The number of carbonyl (C=O) groups excluding carboxylic acids is 2. The number of benzene rings is 2. The first-order valence-corrected chi connectivity index (χ1v) is 11.6. The third-order valence-corrected chi connectivity index (χ3v) is 6.21. The molecule has 9 heteroatoms. The molecule has 0 fully saturated rings. The van der Waals surface area contributed by atoms with Crippen molar-refractivity contribution in [1.29, 1.82) is 0 Å². The number of hydrogen-bond donors (Lipinski definition) is 2. The molecule has 0 aliphatic rings. The number of anilines is 1. The molecule has 0 bridgehead atoms. The predicted octanol–water partition coefficient (Wildman–Crippen LogP) is 4.79. The van der Waals surface area contributed by atoms with E-state index in [1.807, 2.05) is 50.5 Å². The Kier molecular flexibility index (Phi) is 7.93. The van der Waals surface area contributed by atoms with Crippen LogP contribution in [0.15, 0.2) is 47.6 Å². The number of halogens is 1. The SMILES string of the molecule is CCn1c(SCC(=O)Nc2cc(C)ccc2C)nnc1C(C)NC(=O)c1ccccc1Cl. The van der Waals surface area contributed by atoms with E-state index in [0.717, 1.165) is 16.8 Å². The Balaban J connectivity index is 1.65. The van der Waals surface area contributed by atoms with Crippen LogP contribution in [0.4, 0.5) is 5.69 Å². The number of hydrogen-bond acceptors (Lipinski definition) is 5. The molecule has 2 N–H and O–H groups in total. The lowest BCUT2D eigenvalue weighted by Crippen LogP contribution is -2.29. The Morgan fingerprint density at radius 3 is 2.62 bits per heavy atom. The van der Waals surface area contributed by atoms with Gasteiger partial charge in [0.25, 0.3) is 5.91 Å². The van der Waals surface area contributed by atoms with Crippen LogP contribution in [0.25, 0.3) is 0 Å². The molecule has 1 heterocycles. The molecular weight excluding hydrogens is 446 g/mol. The van der Waals surface area contributed by atoms with Crippen LogP contribution >= 0.6 is 23.4 Å². The number of aromatic nitrogens is 3. The lowest BCUT2D eigenvalue weighted by Gasteiger charge is -2.15.